The lowest BCUT2D eigenvalue weighted by Gasteiger charge is -2.44. The van der Waals surface area contributed by atoms with E-state index in [0.717, 1.165) is 36.6 Å². The van der Waals surface area contributed by atoms with E-state index in [9.17, 15) is 9.59 Å². The number of methoxy groups -OCH3 is 1. The second-order valence-corrected chi connectivity index (χ2v) is 9.27. The molecule has 31 heavy (non-hydrogen) atoms. The van der Waals surface area contributed by atoms with Gasteiger partial charge < -0.3 is 19.5 Å². The Balaban J connectivity index is 1.64. The number of carbonyl (C=O) groups is 2. The standard InChI is InChI=1S/C25H35N3O3/c1-25(24(30)26-20-12-6-4-3-5-7-13-20)18-27-21-14-9-8-11-19(21)17-22(27)23(29)28(25)15-10-16-31-2/h8-9,11,14,17,20H,3-7,10,12-13,15-16,18H2,1-2H3,(H,26,30)/t25-/m1/s1. The molecule has 1 aromatic heterocycles. The van der Waals surface area contributed by atoms with E-state index >= 15 is 0 Å². The zero-order chi connectivity index (χ0) is 21.8. The molecule has 0 saturated heterocycles. The van der Waals surface area contributed by atoms with Crippen LogP contribution in [0, 0.1) is 0 Å². The van der Waals surface area contributed by atoms with Gasteiger partial charge in [0.25, 0.3) is 5.91 Å². The first-order valence-electron chi connectivity index (χ1n) is 11.7. The van der Waals surface area contributed by atoms with Crippen molar-refractivity contribution in [2.45, 2.75) is 76.4 Å². The zero-order valence-corrected chi connectivity index (χ0v) is 18.9. The Hall–Kier alpha value is -2.34. The van der Waals surface area contributed by atoms with Gasteiger partial charge in [-0.1, -0.05) is 50.3 Å². The molecule has 2 aliphatic rings. The van der Waals surface area contributed by atoms with Gasteiger partial charge in [0.15, 0.2) is 0 Å². The number of benzene rings is 1. The Morgan fingerprint density at radius 3 is 2.61 bits per heavy atom. The van der Waals surface area contributed by atoms with Crippen LogP contribution in [0.4, 0.5) is 0 Å². The number of carbonyl (C=O) groups excluding carboxylic acids is 2. The molecule has 4 rings (SSSR count). The maximum Gasteiger partial charge on any atom is 0.271 e. The number of hydrogen-bond acceptors (Lipinski definition) is 3. The first-order valence-corrected chi connectivity index (χ1v) is 11.7. The smallest absolute Gasteiger partial charge is 0.271 e. The van der Waals surface area contributed by atoms with Crippen LogP contribution in [0.1, 0.15) is 68.8 Å². The number of para-hydroxylation sites is 1. The van der Waals surface area contributed by atoms with Gasteiger partial charge in [0.1, 0.15) is 11.2 Å². The third kappa shape index (κ3) is 4.36. The molecule has 1 aliphatic carbocycles. The van der Waals surface area contributed by atoms with Crippen LogP contribution in [-0.4, -0.2) is 53.1 Å². The highest BCUT2D eigenvalue weighted by Gasteiger charge is 2.47. The molecule has 1 saturated carbocycles. The molecule has 2 amide bonds. The van der Waals surface area contributed by atoms with Crippen molar-refractivity contribution in [1.82, 2.24) is 14.8 Å². The van der Waals surface area contributed by atoms with Gasteiger partial charge in [-0.2, -0.15) is 0 Å². The second kappa shape index (κ2) is 9.43. The van der Waals surface area contributed by atoms with E-state index in [0.29, 0.717) is 31.8 Å². The maximum atomic E-state index is 13.7. The molecule has 1 aromatic carbocycles. The van der Waals surface area contributed by atoms with Crippen molar-refractivity contribution in [3.05, 3.63) is 36.0 Å². The quantitative estimate of drug-likeness (QED) is 0.708. The normalized spacial score (nSPS) is 22.8. The van der Waals surface area contributed by atoms with Crippen molar-refractivity contribution < 1.29 is 14.3 Å². The van der Waals surface area contributed by atoms with E-state index in [2.05, 4.69) is 5.32 Å². The van der Waals surface area contributed by atoms with Crippen molar-refractivity contribution in [3.63, 3.8) is 0 Å². The molecule has 1 fully saturated rings. The summed E-state index contributed by atoms with van der Waals surface area (Å²) in [6.07, 6.45) is 8.84. The van der Waals surface area contributed by atoms with Crippen molar-refractivity contribution in [2.24, 2.45) is 0 Å². The van der Waals surface area contributed by atoms with Crippen LogP contribution in [-0.2, 0) is 16.1 Å². The molecule has 2 heterocycles. The van der Waals surface area contributed by atoms with E-state index in [1.54, 1.807) is 12.0 Å². The Bertz CT molecular complexity index is 929. The van der Waals surface area contributed by atoms with Crippen LogP contribution in [0.5, 0.6) is 0 Å². The summed E-state index contributed by atoms with van der Waals surface area (Å²) in [5.74, 6) is -0.110. The van der Waals surface area contributed by atoms with Crippen molar-refractivity contribution >= 4 is 22.7 Å². The van der Waals surface area contributed by atoms with Crippen LogP contribution in [0.25, 0.3) is 10.9 Å². The van der Waals surface area contributed by atoms with Crippen LogP contribution in [0.2, 0.25) is 0 Å². The third-order valence-electron chi connectivity index (χ3n) is 7.00. The number of amides is 2. The number of hydrogen-bond donors (Lipinski definition) is 1. The van der Waals surface area contributed by atoms with E-state index < -0.39 is 5.54 Å². The number of rotatable bonds is 6. The SMILES string of the molecule is COCCCN1C(=O)c2cc3ccccc3n2C[C@]1(C)C(=O)NC1CCCCCCC1. The predicted molar refractivity (Wildman–Crippen MR) is 122 cm³/mol. The molecular weight excluding hydrogens is 390 g/mol. The van der Waals surface area contributed by atoms with Crippen molar-refractivity contribution in [3.8, 4) is 0 Å². The molecule has 0 spiro atoms. The molecule has 2 aromatic rings. The van der Waals surface area contributed by atoms with Crippen LogP contribution >= 0.6 is 0 Å². The Labute approximate surface area is 184 Å². The Morgan fingerprint density at radius 1 is 1.16 bits per heavy atom. The van der Waals surface area contributed by atoms with E-state index in [1.807, 2.05) is 41.8 Å². The predicted octanol–water partition coefficient (Wildman–Crippen LogP) is 4.12. The fourth-order valence-corrected chi connectivity index (χ4v) is 5.16. The summed E-state index contributed by atoms with van der Waals surface area (Å²) in [4.78, 5) is 29.0. The lowest BCUT2D eigenvalue weighted by atomic mass is 9.92. The summed E-state index contributed by atoms with van der Waals surface area (Å²) < 4.78 is 7.25. The number of aromatic nitrogens is 1. The number of nitrogens with zero attached hydrogens (tertiary/aromatic N) is 2. The summed E-state index contributed by atoms with van der Waals surface area (Å²) in [5, 5.41) is 4.37. The largest absolute Gasteiger partial charge is 0.385 e. The third-order valence-corrected chi connectivity index (χ3v) is 7.00. The molecule has 0 radical (unpaired) electrons. The highest BCUT2D eigenvalue weighted by atomic mass is 16.5. The highest BCUT2D eigenvalue weighted by Crippen LogP contribution is 2.33. The van der Waals surface area contributed by atoms with Crippen molar-refractivity contribution in [1.29, 1.82) is 0 Å². The van der Waals surface area contributed by atoms with E-state index in [4.69, 9.17) is 4.74 Å². The highest BCUT2D eigenvalue weighted by molar-refractivity contribution is 6.03. The van der Waals surface area contributed by atoms with Gasteiger partial charge in [0.05, 0.1) is 6.54 Å². The van der Waals surface area contributed by atoms with Gasteiger partial charge in [0.2, 0.25) is 5.91 Å². The summed E-state index contributed by atoms with van der Waals surface area (Å²) in [6, 6.07) is 10.2. The Morgan fingerprint density at radius 2 is 1.87 bits per heavy atom. The number of nitrogens with one attached hydrogen (secondary N) is 1. The zero-order valence-electron chi connectivity index (χ0n) is 18.9. The first-order chi connectivity index (χ1) is 15.0. The van der Waals surface area contributed by atoms with Crippen LogP contribution in [0.15, 0.2) is 30.3 Å². The summed E-state index contributed by atoms with van der Waals surface area (Å²) in [6.45, 7) is 3.46. The maximum absolute atomic E-state index is 13.7. The molecule has 0 unspecified atom stereocenters. The topological polar surface area (TPSA) is 63.6 Å². The van der Waals surface area contributed by atoms with Gasteiger partial charge in [-0.05, 0) is 38.3 Å². The van der Waals surface area contributed by atoms with Crippen molar-refractivity contribution in [2.75, 3.05) is 20.3 Å². The van der Waals surface area contributed by atoms with Crippen LogP contribution in [0.3, 0.4) is 0 Å². The molecule has 1 N–H and O–H groups in total. The summed E-state index contributed by atoms with van der Waals surface area (Å²) >= 11 is 0. The van der Waals surface area contributed by atoms with Gasteiger partial charge >= 0.3 is 0 Å². The molecule has 168 valence electrons. The summed E-state index contributed by atoms with van der Waals surface area (Å²) in [5.41, 5.74) is 0.740. The minimum atomic E-state index is -0.929. The fourth-order valence-electron chi connectivity index (χ4n) is 5.16. The number of fused-ring (bicyclic) bond motifs is 3. The molecule has 1 aliphatic heterocycles. The minimum Gasteiger partial charge on any atom is -0.385 e. The fraction of sp³-hybridized carbons (Fsp3) is 0.600. The first kappa shape index (κ1) is 21.9. The molecule has 1 atom stereocenters. The lowest BCUT2D eigenvalue weighted by molar-refractivity contribution is -0.133. The monoisotopic (exact) mass is 425 g/mol. The average molecular weight is 426 g/mol. The average Bonchev–Trinajstić information content (AvgIpc) is 3.11. The summed E-state index contributed by atoms with van der Waals surface area (Å²) in [7, 11) is 1.66. The van der Waals surface area contributed by atoms with E-state index in [1.165, 1.54) is 19.3 Å². The second-order valence-electron chi connectivity index (χ2n) is 9.27. The van der Waals surface area contributed by atoms with Gasteiger partial charge in [-0.15, -0.1) is 0 Å². The van der Waals surface area contributed by atoms with Gasteiger partial charge in [-0.25, -0.2) is 0 Å². The van der Waals surface area contributed by atoms with E-state index in [-0.39, 0.29) is 17.9 Å². The molecule has 6 heteroatoms. The Kier molecular flexibility index (Phi) is 6.65. The lowest BCUT2D eigenvalue weighted by Crippen LogP contribution is -2.65. The molecular formula is C25H35N3O3. The van der Waals surface area contributed by atoms with Gasteiger partial charge in [-0.3, -0.25) is 9.59 Å². The van der Waals surface area contributed by atoms with Crippen LogP contribution < -0.4 is 5.32 Å². The number of ether oxygens (including phenoxy) is 1. The molecule has 6 nitrogen and oxygen atoms in total. The van der Waals surface area contributed by atoms with Gasteiger partial charge in [0, 0.05) is 37.2 Å². The minimum absolute atomic E-state index is 0.0349. The molecule has 0 bridgehead atoms.